The van der Waals surface area contributed by atoms with Crippen LogP contribution in [-0.2, 0) is 25.1 Å². The average molecular weight is 409 g/mol. The van der Waals surface area contributed by atoms with Crippen molar-refractivity contribution in [1.29, 1.82) is 0 Å². The van der Waals surface area contributed by atoms with E-state index in [-0.39, 0.29) is 5.82 Å². The van der Waals surface area contributed by atoms with E-state index >= 15 is 0 Å². The first-order chi connectivity index (χ1) is 14.2. The second kappa shape index (κ2) is 7.51. The number of halogens is 1. The largest absolute Gasteiger partial charge is 0.461 e. The minimum atomic E-state index is -0.236. The van der Waals surface area contributed by atoms with E-state index in [2.05, 4.69) is 21.7 Å². The fraction of sp³-hybridized carbons (Fsp3) is 0.286. The molecule has 0 saturated carbocycles. The van der Waals surface area contributed by atoms with Crippen molar-refractivity contribution in [3.63, 3.8) is 0 Å². The van der Waals surface area contributed by atoms with Crippen LogP contribution in [0.5, 0.6) is 0 Å². The Balaban J connectivity index is 1.42. The van der Waals surface area contributed by atoms with Crippen molar-refractivity contribution < 1.29 is 8.81 Å². The fourth-order valence-electron chi connectivity index (χ4n) is 3.83. The highest BCUT2D eigenvalue weighted by Crippen LogP contribution is 2.32. The zero-order valence-corrected chi connectivity index (χ0v) is 16.8. The Hall–Kier alpha value is -2.87. The van der Waals surface area contributed by atoms with Crippen LogP contribution in [0.15, 0.2) is 52.2 Å². The summed E-state index contributed by atoms with van der Waals surface area (Å²) in [5.74, 6) is 1.93. The summed E-state index contributed by atoms with van der Waals surface area (Å²) in [4.78, 5) is 0. The molecule has 1 aliphatic carbocycles. The molecule has 0 saturated heterocycles. The number of thioether (sulfide) groups is 1. The number of aromatic nitrogens is 5. The Labute approximate surface area is 171 Å². The summed E-state index contributed by atoms with van der Waals surface area (Å²) in [6.45, 7) is 2.83. The number of fused-ring (bicyclic) bond motifs is 1. The number of hydrogen-bond donors (Lipinski definition) is 0. The van der Waals surface area contributed by atoms with Crippen molar-refractivity contribution in [3.05, 3.63) is 65.4 Å². The van der Waals surface area contributed by atoms with Crippen LogP contribution in [-0.4, -0.2) is 24.5 Å². The smallest absolute Gasteiger partial charge is 0.200 e. The van der Waals surface area contributed by atoms with Gasteiger partial charge in [-0.05, 0) is 68.1 Å². The highest BCUT2D eigenvalue weighted by Gasteiger charge is 2.24. The van der Waals surface area contributed by atoms with Gasteiger partial charge >= 0.3 is 0 Å². The summed E-state index contributed by atoms with van der Waals surface area (Å²) < 4.78 is 22.8. The van der Waals surface area contributed by atoms with Crippen LogP contribution in [0.3, 0.4) is 0 Å². The molecule has 29 heavy (non-hydrogen) atoms. The van der Waals surface area contributed by atoms with E-state index in [9.17, 15) is 4.39 Å². The maximum atomic E-state index is 13.3. The molecule has 0 N–H and O–H groups in total. The lowest BCUT2D eigenvalue weighted by molar-refractivity contribution is 0.567. The van der Waals surface area contributed by atoms with Crippen molar-refractivity contribution in [2.24, 2.45) is 0 Å². The Morgan fingerprint density at radius 2 is 2.00 bits per heavy atom. The second-order valence-corrected chi connectivity index (χ2v) is 7.87. The molecule has 0 atom stereocenters. The van der Waals surface area contributed by atoms with Gasteiger partial charge < -0.3 is 4.42 Å². The minimum Gasteiger partial charge on any atom is -0.461 e. The van der Waals surface area contributed by atoms with Crippen molar-refractivity contribution in [2.75, 3.05) is 0 Å². The standard InChI is InChI=1S/C21H20FN5OS/c1-2-26-20(19-7-4-12-28-19)23-24-21(26)29-13-17-16-5-3-6-18(16)27(25-17)15-10-8-14(22)9-11-15/h4,7-12H,2-3,5-6,13H2,1H3. The number of rotatable bonds is 6. The van der Waals surface area contributed by atoms with Gasteiger partial charge in [0.25, 0.3) is 0 Å². The SMILES string of the molecule is CCn1c(SCc2nn(-c3ccc(F)cc3)c3c2CCC3)nnc1-c1ccco1. The molecule has 0 radical (unpaired) electrons. The van der Waals surface area contributed by atoms with Gasteiger partial charge in [0.05, 0.1) is 17.6 Å². The normalized spacial score (nSPS) is 13.2. The number of benzene rings is 1. The van der Waals surface area contributed by atoms with Crippen LogP contribution in [0.1, 0.15) is 30.3 Å². The van der Waals surface area contributed by atoms with Crippen LogP contribution in [0.25, 0.3) is 17.3 Å². The summed E-state index contributed by atoms with van der Waals surface area (Å²) >= 11 is 1.63. The zero-order valence-electron chi connectivity index (χ0n) is 16.0. The molecule has 3 heterocycles. The molecule has 0 spiro atoms. The summed E-state index contributed by atoms with van der Waals surface area (Å²) in [6, 6.07) is 10.3. The van der Waals surface area contributed by atoms with Crippen molar-refractivity contribution >= 4 is 11.8 Å². The maximum absolute atomic E-state index is 13.3. The molecule has 0 bridgehead atoms. The number of furan rings is 1. The molecule has 4 aromatic rings. The van der Waals surface area contributed by atoms with Gasteiger partial charge in [-0.15, -0.1) is 10.2 Å². The molecule has 8 heteroatoms. The Morgan fingerprint density at radius 1 is 1.14 bits per heavy atom. The molecule has 6 nitrogen and oxygen atoms in total. The highest BCUT2D eigenvalue weighted by molar-refractivity contribution is 7.98. The molecular formula is C21H20FN5OS. The third-order valence-electron chi connectivity index (χ3n) is 5.20. The Kier molecular flexibility index (Phi) is 4.71. The number of hydrogen-bond acceptors (Lipinski definition) is 5. The molecule has 0 fully saturated rings. The highest BCUT2D eigenvalue weighted by atomic mass is 32.2. The molecule has 5 rings (SSSR count). The Bertz CT molecular complexity index is 1130. The topological polar surface area (TPSA) is 61.7 Å². The van der Waals surface area contributed by atoms with Crippen LogP contribution < -0.4 is 0 Å². The van der Waals surface area contributed by atoms with E-state index in [1.54, 1.807) is 30.2 Å². The van der Waals surface area contributed by atoms with E-state index in [0.717, 1.165) is 48.2 Å². The first kappa shape index (κ1) is 18.2. The molecule has 148 valence electrons. The van der Waals surface area contributed by atoms with E-state index in [0.29, 0.717) is 11.5 Å². The average Bonchev–Trinajstić information content (AvgIpc) is 3.50. The van der Waals surface area contributed by atoms with Gasteiger partial charge in [0, 0.05) is 18.0 Å². The van der Waals surface area contributed by atoms with Gasteiger partial charge in [-0.2, -0.15) is 5.10 Å². The van der Waals surface area contributed by atoms with Crippen molar-refractivity contribution in [3.8, 4) is 17.3 Å². The van der Waals surface area contributed by atoms with Gasteiger partial charge in [-0.25, -0.2) is 9.07 Å². The minimum absolute atomic E-state index is 0.236. The first-order valence-corrected chi connectivity index (χ1v) is 10.7. The lowest BCUT2D eigenvalue weighted by Crippen LogP contribution is -2.02. The molecule has 3 aromatic heterocycles. The summed E-state index contributed by atoms with van der Waals surface area (Å²) in [5, 5.41) is 14.4. The van der Waals surface area contributed by atoms with Gasteiger partial charge in [-0.3, -0.25) is 4.57 Å². The molecule has 0 amide bonds. The molecule has 0 unspecified atom stereocenters. The van der Waals surface area contributed by atoms with Gasteiger partial charge in [0.15, 0.2) is 16.7 Å². The van der Waals surface area contributed by atoms with Crippen molar-refractivity contribution in [1.82, 2.24) is 24.5 Å². The van der Waals surface area contributed by atoms with Gasteiger partial charge in [0.1, 0.15) is 5.82 Å². The third-order valence-corrected chi connectivity index (χ3v) is 6.18. The van der Waals surface area contributed by atoms with Crippen LogP contribution in [0.4, 0.5) is 4.39 Å². The molecular weight excluding hydrogens is 389 g/mol. The predicted molar refractivity (Wildman–Crippen MR) is 109 cm³/mol. The lowest BCUT2D eigenvalue weighted by Gasteiger charge is -2.06. The van der Waals surface area contributed by atoms with E-state index in [1.165, 1.54) is 23.4 Å². The summed E-state index contributed by atoms with van der Waals surface area (Å²) in [5.41, 5.74) is 4.52. The summed E-state index contributed by atoms with van der Waals surface area (Å²) in [7, 11) is 0. The van der Waals surface area contributed by atoms with E-state index < -0.39 is 0 Å². The molecule has 0 aliphatic heterocycles. The quantitative estimate of drug-likeness (QED) is 0.433. The third kappa shape index (κ3) is 3.27. The number of nitrogens with zero attached hydrogens (tertiary/aromatic N) is 5. The molecule has 1 aliphatic rings. The van der Waals surface area contributed by atoms with E-state index in [1.807, 2.05) is 16.8 Å². The lowest BCUT2D eigenvalue weighted by atomic mass is 10.2. The second-order valence-electron chi connectivity index (χ2n) is 6.93. The fourth-order valence-corrected chi connectivity index (χ4v) is 4.79. The first-order valence-electron chi connectivity index (χ1n) is 9.70. The van der Waals surface area contributed by atoms with Gasteiger partial charge in [-0.1, -0.05) is 11.8 Å². The summed E-state index contributed by atoms with van der Waals surface area (Å²) in [6.07, 6.45) is 4.80. The van der Waals surface area contributed by atoms with Crippen molar-refractivity contribution in [2.45, 2.75) is 43.6 Å². The maximum Gasteiger partial charge on any atom is 0.200 e. The zero-order chi connectivity index (χ0) is 19.8. The van der Waals surface area contributed by atoms with Crippen LogP contribution in [0.2, 0.25) is 0 Å². The predicted octanol–water partition coefficient (Wildman–Crippen LogP) is 4.66. The molecule has 1 aromatic carbocycles. The van der Waals surface area contributed by atoms with Gasteiger partial charge in [0.2, 0.25) is 0 Å². The van der Waals surface area contributed by atoms with E-state index in [4.69, 9.17) is 9.52 Å². The Morgan fingerprint density at radius 3 is 2.76 bits per heavy atom. The van der Waals surface area contributed by atoms with Crippen LogP contribution in [0, 0.1) is 5.82 Å². The van der Waals surface area contributed by atoms with Crippen LogP contribution >= 0.6 is 11.8 Å². The monoisotopic (exact) mass is 409 g/mol.